The molecule has 2 unspecified atom stereocenters. The molecule has 2 heterocycles. The number of anilines is 1. The van der Waals surface area contributed by atoms with Gasteiger partial charge in [0.2, 0.25) is 5.95 Å². The molecule has 1 saturated heterocycles. The molecule has 1 aromatic rings. The zero-order valence-electron chi connectivity index (χ0n) is 9.08. The third-order valence-corrected chi connectivity index (χ3v) is 2.54. The summed E-state index contributed by atoms with van der Waals surface area (Å²) in [5.74, 6) is -0.196. The highest BCUT2D eigenvalue weighted by Crippen LogP contribution is 2.27. The summed E-state index contributed by atoms with van der Waals surface area (Å²) in [5, 5.41) is 28.1. The van der Waals surface area contributed by atoms with Crippen molar-refractivity contribution < 1.29 is 20.1 Å². The SMILES string of the molecule is Cl.Nc1ncn([C@@H]2O[C@H](CO)C(O)C2O)c(=O)n1. The van der Waals surface area contributed by atoms with Gasteiger partial charge in [0.15, 0.2) is 6.23 Å². The Morgan fingerprint density at radius 1 is 1.44 bits per heavy atom. The zero-order chi connectivity index (χ0) is 12.6. The molecule has 0 bridgehead atoms. The summed E-state index contributed by atoms with van der Waals surface area (Å²) in [5.41, 5.74) is 4.46. The number of aromatic nitrogens is 3. The van der Waals surface area contributed by atoms with Crippen LogP contribution in [0.1, 0.15) is 6.23 Å². The van der Waals surface area contributed by atoms with E-state index in [-0.39, 0.29) is 18.4 Å². The second-order valence-electron chi connectivity index (χ2n) is 3.63. The van der Waals surface area contributed by atoms with Gasteiger partial charge in [0.05, 0.1) is 6.61 Å². The van der Waals surface area contributed by atoms with Crippen LogP contribution < -0.4 is 11.4 Å². The van der Waals surface area contributed by atoms with E-state index in [0.29, 0.717) is 0 Å². The molecule has 2 rings (SSSR count). The van der Waals surface area contributed by atoms with Crippen LogP contribution in [0.25, 0.3) is 0 Å². The van der Waals surface area contributed by atoms with Crippen molar-refractivity contribution in [3.63, 3.8) is 0 Å². The number of aliphatic hydroxyl groups excluding tert-OH is 3. The molecule has 0 amide bonds. The molecule has 102 valence electrons. The van der Waals surface area contributed by atoms with Crippen LogP contribution in [0.4, 0.5) is 5.95 Å². The minimum Gasteiger partial charge on any atom is -0.394 e. The van der Waals surface area contributed by atoms with Crippen LogP contribution in [0.5, 0.6) is 0 Å². The first kappa shape index (κ1) is 14.8. The smallest absolute Gasteiger partial charge is 0.354 e. The van der Waals surface area contributed by atoms with Crippen molar-refractivity contribution >= 4 is 18.4 Å². The maximum atomic E-state index is 11.5. The molecule has 0 saturated carbocycles. The average molecular weight is 281 g/mol. The van der Waals surface area contributed by atoms with Crippen molar-refractivity contribution in [2.75, 3.05) is 12.3 Å². The van der Waals surface area contributed by atoms with Crippen molar-refractivity contribution in [2.45, 2.75) is 24.5 Å². The van der Waals surface area contributed by atoms with Crippen LogP contribution in [-0.4, -0.2) is 54.8 Å². The van der Waals surface area contributed by atoms with Crippen LogP contribution in [0.3, 0.4) is 0 Å². The van der Waals surface area contributed by atoms with Gasteiger partial charge in [-0.3, -0.25) is 4.57 Å². The molecular formula is C8H13ClN4O5. The van der Waals surface area contributed by atoms with Crippen molar-refractivity contribution in [1.29, 1.82) is 0 Å². The molecule has 0 spiro atoms. The number of nitrogens with two attached hydrogens (primary N) is 1. The molecule has 9 nitrogen and oxygen atoms in total. The molecule has 1 aliphatic heterocycles. The minimum atomic E-state index is -1.35. The van der Waals surface area contributed by atoms with Crippen LogP contribution >= 0.6 is 12.4 Å². The van der Waals surface area contributed by atoms with Gasteiger partial charge in [-0.05, 0) is 0 Å². The number of halogens is 1. The first-order valence-electron chi connectivity index (χ1n) is 4.87. The van der Waals surface area contributed by atoms with Gasteiger partial charge in [-0.15, -0.1) is 12.4 Å². The highest BCUT2D eigenvalue weighted by atomic mass is 35.5. The van der Waals surface area contributed by atoms with E-state index >= 15 is 0 Å². The van der Waals surface area contributed by atoms with Crippen molar-refractivity contribution in [3.05, 3.63) is 16.8 Å². The summed E-state index contributed by atoms with van der Waals surface area (Å²) in [6.07, 6.45) is -3.67. The number of nitrogen functional groups attached to an aromatic ring is 1. The van der Waals surface area contributed by atoms with E-state index in [0.717, 1.165) is 10.9 Å². The third kappa shape index (κ3) is 2.44. The molecule has 1 aliphatic rings. The maximum Gasteiger partial charge on any atom is 0.354 e. The summed E-state index contributed by atoms with van der Waals surface area (Å²) in [7, 11) is 0. The first-order valence-corrected chi connectivity index (χ1v) is 4.87. The van der Waals surface area contributed by atoms with Crippen molar-refractivity contribution in [2.24, 2.45) is 0 Å². The number of hydrogen-bond acceptors (Lipinski definition) is 8. The van der Waals surface area contributed by atoms with E-state index in [1.165, 1.54) is 0 Å². The fourth-order valence-corrected chi connectivity index (χ4v) is 1.64. The van der Waals surface area contributed by atoms with Gasteiger partial charge < -0.3 is 25.8 Å². The van der Waals surface area contributed by atoms with Gasteiger partial charge in [-0.2, -0.15) is 4.98 Å². The molecule has 0 aliphatic carbocycles. The maximum absolute atomic E-state index is 11.5. The highest BCUT2D eigenvalue weighted by Gasteiger charge is 2.43. The van der Waals surface area contributed by atoms with Crippen molar-refractivity contribution in [3.8, 4) is 0 Å². The highest BCUT2D eigenvalue weighted by molar-refractivity contribution is 5.85. The molecular weight excluding hydrogens is 268 g/mol. The monoisotopic (exact) mass is 280 g/mol. The summed E-state index contributed by atoms with van der Waals surface area (Å²) >= 11 is 0. The second kappa shape index (κ2) is 5.59. The number of rotatable bonds is 2. The fraction of sp³-hybridized carbons (Fsp3) is 0.625. The Balaban J connectivity index is 0.00000162. The molecule has 1 aromatic heterocycles. The molecule has 0 aromatic carbocycles. The Labute approximate surface area is 107 Å². The zero-order valence-corrected chi connectivity index (χ0v) is 9.90. The molecule has 10 heteroatoms. The summed E-state index contributed by atoms with van der Waals surface area (Å²) in [4.78, 5) is 18.4. The van der Waals surface area contributed by atoms with E-state index < -0.39 is 36.8 Å². The summed E-state index contributed by atoms with van der Waals surface area (Å²) < 4.78 is 6.04. The van der Waals surface area contributed by atoms with Gasteiger partial charge in [0.1, 0.15) is 24.6 Å². The minimum absolute atomic E-state index is 0. The van der Waals surface area contributed by atoms with Gasteiger partial charge in [0, 0.05) is 0 Å². The number of ether oxygens (including phenoxy) is 1. The largest absolute Gasteiger partial charge is 0.394 e. The molecule has 0 radical (unpaired) electrons. The van der Waals surface area contributed by atoms with Crippen LogP contribution in [0.2, 0.25) is 0 Å². The summed E-state index contributed by atoms with van der Waals surface area (Å²) in [6.45, 7) is -0.473. The van der Waals surface area contributed by atoms with Gasteiger partial charge in [-0.1, -0.05) is 0 Å². The molecule has 5 N–H and O–H groups in total. The van der Waals surface area contributed by atoms with E-state index in [1.807, 2.05) is 0 Å². The number of nitrogens with zero attached hydrogens (tertiary/aromatic N) is 3. The number of aliphatic hydroxyl groups is 3. The van der Waals surface area contributed by atoms with Gasteiger partial charge in [0.25, 0.3) is 0 Å². The van der Waals surface area contributed by atoms with E-state index in [2.05, 4.69) is 9.97 Å². The second-order valence-corrected chi connectivity index (χ2v) is 3.63. The molecule has 4 atom stereocenters. The van der Waals surface area contributed by atoms with E-state index in [9.17, 15) is 15.0 Å². The lowest BCUT2D eigenvalue weighted by molar-refractivity contribution is -0.0554. The van der Waals surface area contributed by atoms with E-state index in [4.69, 9.17) is 15.6 Å². The topological polar surface area (TPSA) is 144 Å². The Hall–Kier alpha value is -1.26. The van der Waals surface area contributed by atoms with Gasteiger partial charge in [-0.25, -0.2) is 9.78 Å². The number of hydrogen-bond donors (Lipinski definition) is 4. The normalized spacial score (nSPS) is 31.1. The fourth-order valence-electron chi connectivity index (χ4n) is 1.64. The first-order chi connectivity index (χ1) is 8.04. The molecule has 18 heavy (non-hydrogen) atoms. The lowest BCUT2D eigenvalue weighted by atomic mass is 10.1. The van der Waals surface area contributed by atoms with Gasteiger partial charge >= 0.3 is 5.69 Å². The third-order valence-electron chi connectivity index (χ3n) is 2.54. The predicted molar refractivity (Wildman–Crippen MR) is 61.0 cm³/mol. The Morgan fingerprint density at radius 3 is 2.61 bits per heavy atom. The van der Waals surface area contributed by atoms with Crippen LogP contribution in [-0.2, 0) is 4.74 Å². The van der Waals surface area contributed by atoms with Crippen molar-refractivity contribution in [1.82, 2.24) is 14.5 Å². The molecule has 1 fully saturated rings. The summed E-state index contributed by atoms with van der Waals surface area (Å²) in [6, 6.07) is 0. The lowest BCUT2D eigenvalue weighted by Gasteiger charge is -2.16. The Bertz CT molecular complexity index is 469. The predicted octanol–water partition coefficient (Wildman–Crippen LogP) is -2.75. The quantitative estimate of drug-likeness (QED) is 0.456. The van der Waals surface area contributed by atoms with Crippen LogP contribution in [0, 0.1) is 0 Å². The standard InChI is InChI=1S/C8H12N4O5.ClH/c9-7-10-2-12(8(16)11-7)6-5(15)4(14)3(1-13)17-6;/h2-6,13-15H,1H2,(H2,9,11,16);1H/t3-,4?,5?,6-;/m1./s1. The van der Waals surface area contributed by atoms with Crippen LogP contribution in [0.15, 0.2) is 11.1 Å². The average Bonchev–Trinajstić information content (AvgIpc) is 2.57. The van der Waals surface area contributed by atoms with E-state index in [1.54, 1.807) is 0 Å². The Morgan fingerprint density at radius 2 is 2.11 bits per heavy atom. The lowest BCUT2D eigenvalue weighted by Crippen LogP contribution is -2.36. The Kier molecular flexibility index (Phi) is 4.59.